The highest BCUT2D eigenvalue weighted by Crippen LogP contribution is 2.30. The number of anilines is 1. The van der Waals surface area contributed by atoms with Crippen LogP contribution in [0.1, 0.15) is 16.7 Å². The maximum absolute atomic E-state index is 13.8. The minimum absolute atomic E-state index is 0.0652. The van der Waals surface area contributed by atoms with E-state index >= 15 is 0 Å². The van der Waals surface area contributed by atoms with E-state index in [2.05, 4.69) is 5.32 Å². The van der Waals surface area contributed by atoms with Gasteiger partial charge in [0.25, 0.3) is 10.0 Å². The number of ether oxygens (including phenoxy) is 1. The van der Waals surface area contributed by atoms with Gasteiger partial charge in [0.15, 0.2) is 0 Å². The third-order valence-electron chi connectivity index (χ3n) is 4.91. The van der Waals surface area contributed by atoms with Crippen LogP contribution < -0.4 is 14.4 Å². The highest BCUT2D eigenvalue weighted by Gasteiger charge is 2.25. The average molecular weight is 469 g/mol. The average Bonchev–Trinajstić information content (AvgIpc) is 2.82. The fourth-order valence-corrected chi connectivity index (χ4v) is 4.28. The van der Waals surface area contributed by atoms with Crippen molar-refractivity contribution in [3.05, 3.63) is 101 Å². The van der Waals surface area contributed by atoms with Crippen LogP contribution in [0.4, 0.5) is 10.1 Å². The van der Waals surface area contributed by atoms with Crippen LogP contribution in [0, 0.1) is 12.7 Å². The Morgan fingerprint density at radius 1 is 1.06 bits per heavy atom. The van der Waals surface area contributed by atoms with Gasteiger partial charge in [-0.25, -0.2) is 12.8 Å². The van der Waals surface area contributed by atoms with Gasteiger partial charge >= 0.3 is 0 Å². The van der Waals surface area contributed by atoms with E-state index in [4.69, 9.17) is 4.74 Å². The van der Waals surface area contributed by atoms with Crippen molar-refractivity contribution in [1.82, 2.24) is 5.32 Å². The molecule has 0 aliphatic heterocycles. The zero-order valence-corrected chi connectivity index (χ0v) is 19.2. The van der Waals surface area contributed by atoms with Crippen molar-refractivity contribution in [1.29, 1.82) is 0 Å². The van der Waals surface area contributed by atoms with Crippen molar-refractivity contribution in [2.45, 2.75) is 13.5 Å². The summed E-state index contributed by atoms with van der Waals surface area (Å²) < 4.78 is 46.5. The minimum Gasteiger partial charge on any atom is -0.495 e. The second-order valence-corrected chi connectivity index (χ2v) is 9.04. The Bertz CT molecular complexity index is 1240. The molecule has 3 rings (SSSR count). The number of amides is 1. The van der Waals surface area contributed by atoms with E-state index in [9.17, 15) is 17.6 Å². The largest absolute Gasteiger partial charge is 0.495 e. The van der Waals surface area contributed by atoms with Gasteiger partial charge in [0, 0.05) is 6.54 Å². The number of hydrogen-bond acceptors (Lipinski definition) is 4. The lowest BCUT2D eigenvalue weighted by Gasteiger charge is -2.24. The Morgan fingerprint density at radius 3 is 2.45 bits per heavy atom. The van der Waals surface area contributed by atoms with E-state index in [0.717, 1.165) is 9.71 Å². The smallest absolute Gasteiger partial charge is 0.258 e. The predicted molar refractivity (Wildman–Crippen MR) is 128 cm³/mol. The molecule has 0 fully saturated rings. The first-order chi connectivity index (χ1) is 15.8. The molecular weight excluding hydrogens is 443 g/mol. The van der Waals surface area contributed by atoms with E-state index < -0.39 is 22.5 Å². The molecule has 0 atom stereocenters. The molecule has 0 spiro atoms. The molecular formula is C25H25FN2O4S. The van der Waals surface area contributed by atoms with Crippen LogP contribution in [0.15, 0.2) is 78.2 Å². The third kappa shape index (κ3) is 6.43. The zero-order valence-electron chi connectivity index (χ0n) is 18.4. The van der Waals surface area contributed by atoms with E-state index in [1.807, 2.05) is 6.07 Å². The van der Waals surface area contributed by atoms with E-state index in [0.29, 0.717) is 22.4 Å². The molecule has 0 aromatic heterocycles. The SMILES string of the molecule is COc1ccccc1N(CC(=O)NCc1ccc(C)c(F)c1)S(=O)(=O)/C=C/c1ccccc1. The second kappa shape index (κ2) is 10.8. The second-order valence-electron chi connectivity index (χ2n) is 7.30. The Kier molecular flexibility index (Phi) is 7.84. The lowest BCUT2D eigenvalue weighted by Crippen LogP contribution is -2.40. The summed E-state index contributed by atoms with van der Waals surface area (Å²) in [4.78, 5) is 12.7. The number of rotatable bonds is 9. The van der Waals surface area contributed by atoms with Crippen molar-refractivity contribution in [2.75, 3.05) is 18.0 Å². The number of carbonyl (C=O) groups excluding carboxylic acids is 1. The first-order valence-corrected chi connectivity index (χ1v) is 11.7. The monoisotopic (exact) mass is 468 g/mol. The predicted octanol–water partition coefficient (Wildman–Crippen LogP) is 4.27. The quantitative estimate of drug-likeness (QED) is 0.509. The van der Waals surface area contributed by atoms with Gasteiger partial charge in [-0.05, 0) is 47.9 Å². The number of hydrogen-bond donors (Lipinski definition) is 1. The third-order valence-corrected chi connectivity index (χ3v) is 6.33. The summed E-state index contributed by atoms with van der Waals surface area (Å²) in [6.07, 6.45) is 1.46. The Labute approximate surface area is 193 Å². The van der Waals surface area contributed by atoms with Gasteiger partial charge in [0.2, 0.25) is 5.91 Å². The van der Waals surface area contributed by atoms with Crippen LogP contribution in [0.25, 0.3) is 6.08 Å². The highest BCUT2D eigenvalue weighted by atomic mass is 32.2. The van der Waals surface area contributed by atoms with Crippen molar-refractivity contribution < 1.29 is 22.3 Å². The number of methoxy groups -OCH3 is 1. The molecule has 3 aromatic rings. The minimum atomic E-state index is -4.04. The molecule has 0 aliphatic rings. The van der Waals surface area contributed by atoms with Gasteiger partial charge < -0.3 is 10.1 Å². The van der Waals surface area contributed by atoms with E-state index in [1.165, 1.54) is 19.3 Å². The number of para-hydroxylation sites is 2. The molecule has 3 aromatic carbocycles. The topological polar surface area (TPSA) is 75.7 Å². The van der Waals surface area contributed by atoms with Crippen LogP contribution in [0.3, 0.4) is 0 Å². The van der Waals surface area contributed by atoms with Crippen molar-refractivity contribution in [2.24, 2.45) is 0 Å². The summed E-state index contributed by atoms with van der Waals surface area (Å²) in [6.45, 7) is 1.24. The van der Waals surface area contributed by atoms with Crippen LogP contribution in [0.5, 0.6) is 5.75 Å². The number of sulfonamides is 1. The fourth-order valence-electron chi connectivity index (χ4n) is 3.08. The molecule has 0 saturated carbocycles. The molecule has 0 saturated heterocycles. The molecule has 0 radical (unpaired) electrons. The molecule has 8 heteroatoms. The molecule has 0 bridgehead atoms. The molecule has 1 amide bonds. The number of halogens is 1. The van der Waals surface area contributed by atoms with Crippen LogP contribution in [-0.4, -0.2) is 28.0 Å². The van der Waals surface area contributed by atoms with Gasteiger partial charge in [-0.15, -0.1) is 0 Å². The summed E-state index contributed by atoms with van der Waals surface area (Å²) in [5.41, 5.74) is 2.01. The lowest BCUT2D eigenvalue weighted by molar-refractivity contribution is -0.119. The summed E-state index contributed by atoms with van der Waals surface area (Å²) >= 11 is 0. The molecule has 6 nitrogen and oxygen atoms in total. The first-order valence-electron chi connectivity index (χ1n) is 10.2. The molecule has 172 valence electrons. The Morgan fingerprint density at radius 2 is 1.76 bits per heavy atom. The molecule has 1 N–H and O–H groups in total. The van der Waals surface area contributed by atoms with Crippen molar-refractivity contribution in [3.63, 3.8) is 0 Å². The van der Waals surface area contributed by atoms with Crippen LogP contribution in [-0.2, 0) is 21.4 Å². The number of carbonyl (C=O) groups is 1. The molecule has 0 unspecified atom stereocenters. The van der Waals surface area contributed by atoms with Gasteiger partial charge in [0.05, 0.1) is 18.2 Å². The number of aryl methyl sites for hydroxylation is 1. The maximum atomic E-state index is 13.8. The fraction of sp³-hybridized carbons (Fsp3) is 0.160. The van der Waals surface area contributed by atoms with Gasteiger partial charge in [-0.3, -0.25) is 9.10 Å². The Hall–Kier alpha value is -3.65. The number of nitrogens with one attached hydrogen (secondary N) is 1. The van der Waals surface area contributed by atoms with Gasteiger partial charge in [-0.1, -0.05) is 54.6 Å². The van der Waals surface area contributed by atoms with Crippen LogP contribution >= 0.6 is 0 Å². The summed E-state index contributed by atoms with van der Waals surface area (Å²) in [7, 11) is -2.62. The Balaban J connectivity index is 1.84. The van der Waals surface area contributed by atoms with Crippen LogP contribution in [0.2, 0.25) is 0 Å². The number of nitrogens with zero attached hydrogens (tertiary/aromatic N) is 1. The number of benzene rings is 3. The lowest BCUT2D eigenvalue weighted by atomic mass is 10.1. The van der Waals surface area contributed by atoms with Crippen molar-refractivity contribution in [3.8, 4) is 5.75 Å². The summed E-state index contributed by atoms with van der Waals surface area (Å²) in [5.74, 6) is -0.604. The standard InChI is InChI=1S/C25H25FN2O4S/c1-19-12-13-21(16-22(19)26)17-27-25(29)18-28(23-10-6-7-11-24(23)32-2)33(30,31)15-14-20-8-4-3-5-9-20/h3-16H,17-18H2,1-2H3,(H,27,29)/b15-14+. The highest BCUT2D eigenvalue weighted by molar-refractivity contribution is 7.95. The summed E-state index contributed by atoms with van der Waals surface area (Å²) in [5, 5.41) is 3.71. The molecule has 0 aliphatic carbocycles. The maximum Gasteiger partial charge on any atom is 0.258 e. The normalized spacial score (nSPS) is 11.4. The molecule has 33 heavy (non-hydrogen) atoms. The van der Waals surface area contributed by atoms with E-state index in [-0.39, 0.29) is 18.0 Å². The molecule has 0 heterocycles. The van der Waals surface area contributed by atoms with E-state index in [1.54, 1.807) is 67.6 Å². The van der Waals surface area contributed by atoms with Crippen molar-refractivity contribution >= 4 is 27.7 Å². The summed E-state index contributed by atoms with van der Waals surface area (Å²) in [6, 6.07) is 20.2. The van der Waals surface area contributed by atoms with Gasteiger partial charge in [-0.2, -0.15) is 0 Å². The zero-order chi connectivity index (χ0) is 23.8. The van der Waals surface area contributed by atoms with Gasteiger partial charge in [0.1, 0.15) is 18.1 Å². The first kappa shape index (κ1) is 24.0.